The highest BCUT2D eigenvalue weighted by Crippen LogP contribution is 2.38. The minimum Gasteiger partial charge on any atom is -0.465 e. The van der Waals surface area contributed by atoms with Gasteiger partial charge in [-0.1, -0.05) is 5.16 Å². The van der Waals surface area contributed by atoms with Crippen LogP contribution in [0.3, 0.4) is 0 Å². The van der Waals surface area contributed by atoms with Crippen LogP contribution in [0.5, 0.6) is 0 Å². The van der Waals surface area contributed by atoms with Gasteiger partial charge < -0.3 is 14.6 Å². The zero-order valence-corrected chi connectivity index (χ0v) is 11.1. The second-order valence-electron chi connectivity index (χ2n) is 4.74. The van der Waals surface area contributed by atoms with Crippen molar-refractivity contribution in [2.45, 2.75) is 25.3 Å². The van der Waals surface area contributed by atoms with Gasteiger partial charge in [0.25, 0.3) is 0 Å². The second kappa shape index (κ2) is 5.32. The lowest BCUT2D eigenvalue weighted by molar-refractivity contribution is 0.0601. The van der Waals surface area contributed by atoms with Crippen LogP contribution in [0.4, 0.5) is 5.69 Å². The molecule has 2 aromatic rings. The molecule has 1 saturated carbocycles. The molecule has 0 radical (unpaired) electrons. The predicted octanol–water partition coefficient (Wildman–Crippen LogP) is 2.35. The molecule has 1 fully saturated rings. The summed E-state index contributed by atoms with van der Waals surface area (Å²) in [5.74, 6) is 1.53. The predicted molar refractivity (Wildman–Crippen MR) is 71.4 cm³/mol. The first-order valence-corrected chi connectivity index (χ1v) is 6.51. The third kappa shape index (κ3) is 2.79. The van der Waals surface area contributed by atoms with Crippen LogP contribution in [0.25, 0.3) is 0 Å². The van der Waals surface area contributed by atoms with Crippen molar-refractivity contribution in [2.75, 3.05) is 12.4 Å². The molecule has 0 atom stereocenters. The van der Waals surface area contributed by atoms with Crippen LogP contribution in [0.15, 0.2) is 28.8 Å². The van der Waals surface area contributed by atoms with E-state index in [4.69, 9.17) is 4.52 Å². The Morgan fingerprint density at radius 2 is 2.15 bits per heavy atom. The summed E-state index contributed by atoms with van der Waals surface area (Å²) in [6.45, 7) is 0.470. The van der Waals surface area contributed by atoms with Gasteiger partial charge in [-0.15, -0.1) is 0 Å². The highest BCUT2D eigenvalue weighted by molar-refractivity contribution is 5.89. The molecule has 1 aliphatic carbocycles. The number of hydrogen-bond donors (Lipinski definition) is 1. The Morgan fingerprint density at radius 1 is 1.40 bits per heavy atom. The van der Waals surface area contributed by atoms with Crippen LogP contribution >= 0.6 is 0 Å². The number of rotatable bonds is 5. The minimum atomic E-state index is -0.345. The van der Waals surface area contributed by atoms with Crippen LogP contribution in [-0.4, -0.2) is 23.2 Å². The van der Waals surface area contributed by atoms with Crippen LogP contribution in [0.2, 0.25) is 0 Å². The topological polar surface area (TPSA) is 77.2 Å². The standard InChI is InChI=1S/C14H15N3O3/c1-19-14(18)10-4-6-11(7-5-10)15-8-12-16-13(17-20-12)9-2-3-9/h4-7,9,15H,2-3,8H2,1H3. The fraction of sp³-hybridized carbons (Fsp3) is 0.357. The van der Waals surface area contributed by atoms with Gasteiger partial charge in [0.2, 0.25) is 5.89 Å². The molecule has 6 heteroatoms. The van der Waals surface area contributed by atoms with Crippen molar-refractivity contribution in [3.63, 3.8) is 0 Å². The van der Waals surface area contributed by atoms with E-state index in [1.165, 1.54) is 7.11 Å². The van der Waals surface area contributed by atoms with E-state index < -0.39 is 0 Å². The molecule has 0 unspecified atom stereocenters. The number of carbonyl (C=O) groups is 1. The number of hydrogen-bond acceptors (Lipinski definition) is 6. The SMILES string of the molecule is COC(=O)c1ccc(NCc2nc(C3CC3)no2)cc1. The van der Waals surface area contributed by atoms with Crippen LogP contribution < -0.4 is 5.32 Å². The molecule has 1 N–H and O–H groups in total. The normalized spacial score (nSPS) is 14.1. The van der Waals surface area contributed by atoms with Crippen molar-refractivity contribution in [1.82, 2.24) is 10.1 Å². The average molecular weight is 273 g/mol. The van der Waals surface area contributed by atoms with Crippen molar-refractivity contribution in [3.8, 4) is 0 Å². The Bertz CT molecular complexity index is 602. The van der Waals surface area contributed by atoms with E-state index in [1.807, 2.05) is 12.1 Å². The van der Waals surface area contributed by atoms with Gasteiger partial charge in [0.1, 0.15) is 0 Å². The van der Waals surface area contributed by atoms with Crippen molar-refractivity contribution in [1.29, 1.82) is 0 Å². The van der Waals surface area contributed by atoms with Crippen molar-refractivity contribution < 1.29 is 14.1 Å². The zero-order valence-electron chi connectivity index (χ0n) is 11.1. The molecule has 0 spiro atoms. The number of benzene rings is 1. The van der Waals surface area contributed by atoms with Gasteiger partial charge in [-0.05, 0) is 37.1 Å². The first kappa shape index (κ1) is 12.7. The molecular weight excluding hydrogens is 258 g/mol. The fourth-order valence-electron chi connectivity index (χ4n) is 1.87. The molecule has 1 aromatic carbocycles. The van der Waals surface area contributed by atoms with Gasteiger partial charge in [-0.3, -0.25) is 0 Å². The van der Waals surface area contributed by atoms with E-state index in [1.54, 1.807) is 12.1 Å². The third-order valence-electron chi connectivity index (χ3n) is 3.18. The minimum absolute atomic E-state index is 0.345. The number of esters is 1. The maximum absolute atomic E-state index is 11.3. The Hall–Kier alpha value is -2.37. The molecule has 6 nitrogen and oxygen atoms in total. The number of anilines is 1. The number of methoxy groups -OCH3 is 1. The fourth-order valence-corrected chi connectivity index (χ4v) is 1.87. The molecule has 0 bridgehead atoms. The molecule has 20 heavy (non-hydrogen) atoms. The second-order valence-corrected chi connectivity index (χ2v) is 4.74. The molecule has 1 aromatic heterocycles. The highest BCUT2D eigenvalue weighted by Gasteiger charge is 2.28. The van der Waals surface area contributed by atoms with E-state index in [9.17, 15) is 4.79 Å². The lowest BCUT2D eigenvalue weighted by atomic mass is 10.2. The van der Waals surface area contributed by atoms with E-state index >= 15 is 0 Å². The summed E-state index contributed by atoms with van der Waals surface area (Å²) in [5, 5.41) is 7.12. The first-order valence-electron chi connectivity index (χ1n) is 6.51. The summed E-state index contributed by atoms with van der Waals surface area (Å²) < 4.78 is 9.81. The number of aromatic nitrogens is 2. The number of nitrogens with one attached hydrogen (secondary N) is 1. The summed E-state index contributed by atoms with van der Waals surface area (Å²) in [6, 6.07) is 7.03. The van der Waals surface area contributed by atoms with Gasteiger partial charge in [0.05, 0.1) is 19.2 Å². The maximum Gasteiger partial charge on any atom is 0.337 e. The molecule has 104 valence electrons. The molecule has 0 aliphatic heterocycles. The van der Waals surface area contributed by atoms with E-state index in [2.05, 4.69) is 20.2 Å². The smallest absolute Gasteiger partial charge is 0.337 e. The van der Waals surface area contributed by atoms with Gasteiger partial charge >= 0.3 is 5.97 Å². The number of carbonyl (C=O) groups excluding carboxylic acids is 1. The molecule has 0 saturated heterocycles. The van der Waals surface area contributed by atoms with Crippen LogP contribution in [0.1, 0.15) is 40.8 Å². The van der Waals surface area contributed by atoms with Crippen molar-refractivity contribution in [3.05, 3.63) is 41.5 Å². The quantitative estimate of drug-likeness (QED) is 0.842. The molecular formula is C14H15N3O3. The highest BCUT2D eigenvalue weighted by atomic mass is 16.5. The van der Waals surface area contributed by atoms with E-state index in [0.717, 1.165) is 24.4 Å². The summed E-state index contributed by atoms with van der Waals surface area (Å²) in [5.41, 5.74) is 1.40. The Balaban J connectivity index is 1.58. The third-order valence-corrected chi connectivity index (χ3v) is 3.18. The van der Waals surface area contributed by atoms with E-state index in [-0.39, 0.29) is 5.97 Å². The average Bonchev–Trinajstić information content (AvgIpc) is 3.24. The Labute approximate surface area is 116 Å². The summed E-state index contributed by atoms with van der Waals surface area (Å²) in [4.78, 5) is 15.6. The van der Waals surface area contributed by atoms with Crippen molar-refractivity contribution in [2.24, 2.45) is 0 Å². The van der Waals surface area contributed by atoms with Gasteiger partial charge in [-0.2, -0.15) is 4.98 Å². The largest absolute Gasteiger partial charge is 0.465 e. The Morgan fingerprint density at radius 3 is 2.80 bits per heavy atom. The van der Waals surface area contributed by atoms with Gasteiger partial charge in [-0.25, -0.2) is 4.79 Å². The van der Waals surface area contributed by atoms with Gasteiger partial charge in [0.15, 0.2) is 5.82 Å². The molecule has 1 aliphatic rings. The maximum atomic E-state index is 11.3. The number of nitrogens with zero attached hydrogens (tertiary/aromatic N) is 2. The number of ether oxygens (including phenoxy) is 1. The van der Waals surface area contributed by atoms with Crippen LogP contribution in [-0.2, 0) is 11.3 Å². The summed E-state index contributed by atoms with van der Waals surface area (Å²) in [7, 11) is 1.36. The molecule has 0 amide bonds. The van der Waals surface area contributed by atoms with Gasteiger partial charge in [0, 0.05) is 11.6 Å². The lowest BCUT2D eigenvalue weighted by Gasteiger charge is -2.04. The summed E-state index contributed by atoms with van der Waals surface area (Å²) in [6.07, 6.45) is 2.31. The first-order chi connectivity index (χ1) is 9.76. The molecule has 3 rings (SSSR count). The molecule has 1 heterocycles. The van der Waals surface area contributed by atoms with Crippen LogP contribution in [0, 0.1) is 0 Å². The monoisotopic (exact) mass is 273 g/mol. The Kier molecular flexibility index (Phi) is 3.37. The summed E-state index contributed by atoms with van der Waals surface area (Å²) >= 11 is 0. The van der Waals surface area contributed by atoms with E-state index in [0.29, 0.717) is 23.9 Å². The lowest BCUT2D eigenvalue weighted by Crippen LogP contribution is -2.03. The zero-order chi connectivity index (χ0) is 13.9. The van der Waals surface area contributed by atoms with Crippen molar-refractivity contribution >= 4 is 11.7 Å².